The first-order chi connectivity index (χ1) is 11.0. The molecule has 0 aliphatic rings. The Hall–Kier alpha value is -1.62. The zero-order valence-electron chi connectivity index (χ0n) is 12.6. The Balaban J connectivity index is 2.28. The maximum Gasteiger partial charge on any atom is 0.305 e. The van der Waals surface area contributed by atoms with Crippen molar-refractivity contribution in [3.8, 4) is 0 Å². The number of carbonyl (C=O) groups is 1. The molecule has 1 aromatic carbocycles. The molecule has 0 bridgehead atoms. The van der Waals surface area contributed by atoms with Crippen molar-refractivity contribution in [1.82, 2.24) is 4.98 Å². The van der Waals surface area contributed by atoms with E-state index in [0.717, 1.165) is 5.56 Å². The highest BCUT2D eigenvalue weighted by Gasteiger charge is 2.25. The lowest BCUT2D eigenvalue weighted by molar-refractivity contribution is -0.140. The number of hydrogen-bond donors (Lipinski definition) is 1. The Bertz CT molecular complexity index is 661. The van der Waals surface area contributed by atoms with Crippen LogP contribution >= 0.6 is 23.2 Å². The SMILES string of the molecule is COC(=O)CC[C@@H](c1cccc(Cl)c1)[C@H](O)c1ccc(Cl)cn1. The number of pyridine rings is 1. The Morgan fingerprint density at radius 1 is 1.26 bits per heavy atom. The van der Waals surface area contributed by atoms with Crippen molar-refractivity contribution in [3.05, 3.63) is 63.9 Å². The number of ether oxygens (including phenoxy) is 1. The molecule has 0 spiro atoms. The summed E-state index contributed by atoms with van der Waals surface area (Å²) >= 11 is 11.9. The second-order valence-corrected chi connectivity index (χ2v) is 6.00. The topological polar surface area (TPSA) is 59.4 Å². The number of aromatic nitrogens is 1. The molecule has 0 saturated carbocycles. The number of methoxy groups -OCH3 is 1. The first-order valence-electron chi connectivity index (χ1n) is 7.13. The molecule has 1 N–H and O–H groups in total. The van der Waals surface area contributed by atoms with Crippen molar-refractivity contribution in [1.29, 1.82) is 0 Å². The van der Waals surface area contributed by atoms with E-state index < -0.39 is 6.10 Å². The van der Waals surface area contributed by atoms with Gasteiger partial charge in [0.2, 0.25) is 0 Å². The summed E-state index contributed by atoms with van der Waals surface area (Å²) in [6, 6.07) is 10.6. The van der Waals surface area contributed by atoms with Crippen molar-refractivity contribution in [3.63, 3.8) is 0 Å². The Kier molecular flexibility index (Phi) is 6.39. The van der Waals surface area contributed by atoms with Gasteiger partial charge in [-0.05, 0) is 36.2 Å². The number of halogens is 2. The van der Waals surface area contributed by atoms with Gasteiger partial charge in [0.05, 0.1) is 17.8 Å². The van der Waals surface area contributed by atoms with Gasteiger partial charge >= 0.3 is 5.97 Å². The summed E-state index contributed by atoms with van der Waals surface area (Å²) < 4.78 is 4.68. The van der Waals surface area contributed by atoms with Crippen molar-refractivity contribution in [2.24, 2.45) is 0 Å². The molecule has 0 saturated heterocycles. The summed E-state index contributed by atoms with van der Waals surface area (Å²) in [5.41, 5.74) is 1.33. The maximum absolute atomic E-state index is 11.5. The Morgan fingerprint density at radius 3 is 2.65 bits per heavy atom. The fourth-order valence-electron chi connectivity index (χ4n) is 2.39. The predicted octanol–water partition coefficient (Wildman–Crippen LogP) is 4.16. The first-order valence-corrected chi connectivity index (χ1v) is 7.88. The van der Waals surface area contributed by atoms with Crippen LogP contribution in [-0.2, 0) is 9.53 Å². The van der Waals surface area contributed by atoms with E-state index in [4.69, 9.17) is 23.2 Å². The molecule has 0 amide bonds. The molecule has 1 aromatic heterocycles. The van der Waals surface area contributed by atoms with E-state index in [1.807, 2.05) is 12.1 Å². The predicted molar refractivity (Wildman–Crippen MR) is 89.6 cm³/mol. The number of nitrogens with zero attached hydrogens (tertiary/aromatic N) is 1. The van der Waals surface area contributed by atoms with Gasteiger partial charge in [-0.1, -0.05) is 35.3 Å². The third-order valence-corrected chi connectivity index (χ3v) is 4.06. The number of aliphatic hydroxyl groups is 1. The van der Waals surface area contributed by atoms with E-state index >= 15 is 0 Å². The van der Waals surface area contributed by atoms with Gasteiger partial charge in [0.15, 0.2) is 0 Å². The lowest BCUT2D eigenvalue weighted by atomic mass is 9.87. The Labute approximate surface area is 145 Å². The highest BCUT2D eigenvalue weighted by molar-refractivity contribution is 6.30. The van der Waals surface area contributed by atoms with Crippen LogP contribution < -0.4 is 0 Å². The summed E-state index contributed by atoms with van der Waals surface area (Å²) in [5, 5.41) is 11.8. The minimum atomic E-state index is -0.879. The zero-order valence-corrected chi connectivity index (χ0v) is 14.1. The monoisotopic (exact) mass is 353 g/mol. The average Bonchev–Trinajstić information content (AvgIpc) is 2.55. The van der Waals surface area contributed by atoms with Crippen LogP contribution in [0.25, 0.3) is 0 Å². The standard InChI is InChI=1S/C17H17Cl2NO3/c1-23-16(21)8-6-14(11-3-2-4-12(18)9-11)17(22)15-7-5-13(19)10-20-15/h2-5,7,9-10,14,17,22H,6,8H2,1H3/t14-,17-/m0/s1. The summed E-state index contributed by atoms with van der Waals surface area (Å²) in [6.07, 6.45) is 1.21. The summed E-state index contributed by atoms with van der Waals surface area (Å²) in [6.45, 7) is 0. The molecule has 0 unspecified atom stereocenters. The van der Waals surface area contributed by atoms with Gasteiger partial charge in [-0.2, -0.15) is 0 Å². The van der Waals surface area contributed by atoms with Gasteiger partial charge in [-0.25, -0.2) is 0 Å². The van der Waals surface area contributed by atoms with E-state index in [1.165, 1.54) is 13.3 Å². The molecule has 0 fully saturated rings. The van der Waals surface area contributed by atoms with Gasteiger partial charge in [0.25, 0.3) is 0 Å². The van der Waals surface area contributed by atoms with Crippen molar-refractivity contribution in [2.45, 2.75) is 24.9 Å². The average molecular weight is 354 g/mol. The van der Waals surface area contributed by atoms with Crippen LogP contribution in [0, 0.1) is 0 Å². The normalized spacial score (nSPS) is 13.4. The third kappa shape index (κ3) is 4.93. The van der Waals surface area contributed by atoms with Crippen LogP contribution in [0.5, 0.6) is 0 Å². The number of benzene rings is 1. The minimum Gasteiger partial charge on any atom is -0.469 e. The van der Waals surface area contributed by atoms with Crippen LogP contribution in [0.4, 0.5) is 0 Å². The second-order valence-electron chi connectivity index (χ2n) is 5.12. The van der Waals surface area contributed by atoms with Crippen molar-refractivity contribution >= 4 is 29.2 Å². The number of aliphatic hydroxyl groups excluding tert-OH is 1. The molecule has 1 heterocycles. The Morgan fingerprint density at radius 2 is 2.04 bits per heavy atom. The molecular weight excluding hydrogens is 337 g/mol. The van der Waals surface area contributed by atoms with Crippen LogP contribution in [-0.4, -0.2) is 23.2 Å². The van der Waals surface area contributed by atoms with E-state index in [-0.39, 0.29) is 18.3 Å². The fourth-order valence-corrected chi connectivity index (χ4v) is 2.70. The highest BCUT2D eigenvalue weighted by atomic mass is 35.5. The van der Waals surface area contributed by atoms with Crippen LogP contribution in [0.2, 0.25) is 10.0 Å². The van der Waals surface area contributed by atoms with Crippen LogP contribution in [0.1, 0.15) is 36.1 Å². The van der Waals surface area contributed by atoms with Crippen LogP contribution in [0.15, 0.2) is 42.6 Å². The van der Waals surface area contributed by atoms with Gasteiger partial charge in [0.1, 0.15) is 6.10 Å². The molecule has 0 aliphatic heterocycles. The summed E-state index contributed by atoms with van der Waals surface area (Å²) in [4.78, 5) is 15.6. The maximum atomic E-state index is 11.5. The van der Waals surface area contributed by atoms with Gasteiger partial charge in [0, 0.05) is 23.6 Å². The first kappa shape index (κ1) is 17.7. The van der Waals surface area contributed by atoms with Gasteiger partial charge in [-0.15, -0.1) is 0 Å². The van der Waals surface area contributed by atoms with Gasteiger partial charge in [-0.3, -0.25) is 9.78 Å². The molecule has 4 nitrogen and oxygen atoms in total. The number of esters is 1. The molecule has 122 valence electrons. The lowest BCUT2D eigenvalue weighted by Gasteiger charge is -2.23. The smallest absolute Gasteiger partial charge is 0.305 e. The molecule has 2 aromatic rings. The highest BCUT2D eigenvalue weighted by Crippen LogP contribution is 2.35. The van der Waals surface area contributed by atoms with Crippen molar-refractivity contribution < 1.29 is 14.6 Å². The fraction of sp³-hybridized carbons (Fsp3) is 0.294. The summed E-state index contributed by atoms with van der Waals surface area (Å²) in [5.74, 6) is -0.658. The molecule has 23 heavy (non-hydrogen) atoms. The van der Waals surface area contributed by atoms with E-state index in [2.05, 4.69) is 9.72 Å². The summed E-state index contributed by atoms with van der Waals surface area (Å²) in [7, 11) is 1.34. The zero-order chi connectivity index (χ0) is 16.8. The third-order valence-electron chi connectivity index (χ3n) is 3.60. The minimum absolute atomic E-state index is 0.193. The van der Waals surface area contributed by atoms with E-state index in [1.54, 1.807) is 24.3 Å². The lowest BCUT2D eigenvalue weighted by Crippen LogP contribution is -2.14. The molecule has 2 atom stereocenters. The molecular formula is C17H17Cl2NO3. The molecule has 6 heteroatoms. The number of rotatable bonds is 6. The largest absolute Gasteiger partial charge is 0.469 e. The number of hydrogen-bond acceptors (Lipinski definition) is 4. The van der Waals surface area contributed by atoms with Gasteiger partial charge < -0.3 is 9.84 Å². The second kappa shape index (κ2) is 8.29. The van der Waals surface area contributed by atoms with E-state index in [0.29, 0.717) is 22.2 Å². The van der Waals surface area contributed by atoms with E-state index in [9.17, 15) is 9.90 Å². The molecule has 0 radical (unpaired) electrons. The van der Waals surface area contributed by atoms with Crippen LogP contribution in [0.3, 0.4) is 0 Å². The number of carbonyl (C=O) groups excluding carboxylic acids is 1. The molecule has 0 aliphatic carbocycles. The van der Waals surface area contributed by atoms with Crippen molar-refractivity contribution in [2.75, 3.05) is 7.11 Å². The quantitative estimate of drug-likeness (QED) is 0.792. The molecule has 2 rings (SSSR count).